The van der Waals surface area contributed by atoms with E-state index in [1.807, 2.05) is 54.6 Å². The van der Waals surface area contributed by atoms with Gasteiger partial charge in [0.25, 0.3) is 5.91 Å². The number of carbonyl (C=O) groups excluding carboxylic acids is 1. The maximum absolute atomic E-state index is 12.3. The van der Waals surface area contributed by atoms with E-state index in [0.29, 0.717) is 5.82 Å². The molecule has 0 bridgehead atoms. The lowest BCUT2D eigenvalue weighted by atomic mass is 10.1. The Morgan fingerprint density at radius 1 is 0.958 bits per heavy atom. The van der Waals surface area contributed by atoms with Crippen molar-refractivity contribution in [2.24, 2.45) is 0 Å². The van der Waals surface area contributed by atoms with Gasteiger partial charge in [0.15, 0.2) is 0 Å². The molecule has 2 aromatic carbocycles. The average molecular weight is 318 g/mol. The zero-order valence-electron chi connectivity index (χ0n) is 13.4. The number of rotatable bonds is 5. The third-order valence-electron chi connectivity index (χ3n) is 3.58. The summed E-state index contributed by atoms with van der Waals surface area (Å²) < 4.78 is 0. The first kappa shape index (κ1) is 15.7. The topological polar surface area (TPSA) is 66.9 Å². The summed E-state index contributed by atoms with van der Waals surface area (Å²) in [5, 5.41) is 6.02. The van der Waals surface area contributed by atoms with Crippen LogP contribution >= 0.6 is 0 Å². The van der Waals surface area contributed by atoms with Gasteiger partial charge in [-0.05, 0) is 30.2 Å². The minimum atomic E-state index is -0.269. The van der Waals surface area contributed by atoms with E-state index in [2.05, 4.69) is 27.5 Å². The van der Waals surface area contributed by atoms with E-state index < -0.39 is 0 Å². The van der Waals surface area contributed by atoms with Gasteiger partial charge in [0.2, 0.25) is 0 Å². The first-order valence-corrected chi connectivity index (χ1v) is 7.79. The van der Waals surface area contributed by atoms with Gasteiger partial charge in [-0.1, -0.05) is 43.3 Å². The van der Waals surface area contributed by atoms with E-state index in [-0.39, 0.29) is 11.6 Å². The Hall–Kier alpha value is -3.21. The summed E-state index contributed by atoms with van der Waals surface area (Å²) in [6.07, 6.45) is 3.87. The summed E-state index contributed by atoms with van der Waals surface area (Å²) in [5.41, 5.74) is 3.08. The fourth-order valence-corrected chi connectivity index (χ4v) is 2.32. The van der Waals surface area contributed by atoms with E-state index in [4.69, 9.17) is 0 Å². The number of benzene rings is 2. The molecule has 5 nitrogen and oxygen atoms in total. The highest BCUT2D eigenvalue weighted by Crippen LogP contribution is 2.17. The predicted octanol–water partition coefficient (Wildman–Crippen LogP) is 4.03. The van der Waals surface area contributed by atoms with Crippen molar-refractivity contribution in [3.63, 3.8) is 0 Å². The van der Waals surface area contributed by atoms with Crippen LogP contribution in [0.2, 0.25) is 0 Å². The lowest BCUT2D eigenvalue weighted by molar-refractivity contribution is 0.102. The Morgan fingerprint density at radius 3 is 2.42 bits per heavy atom. The zero-order valence-corrected chi connectivity index (χ0v) is 13.4. The standard InChI is InChI=1S/C19H18N4O/c1-2-14-8-6-7-11-16(14)23-19(24)17-12-21-18(13-20-17)22-15-9-4-3-5-10-15/h3-13H,2H2,1H3,(H,21,22)(H,23,24). The van der Waals surface area contributed by atoms with E-state index in [1.165, 1.54) is 6.20 Å². The Morgan fingerprint density at radius 2 is 1.71 bits per heavy atom. The number of amides is 1. The third kappa shape index (κ3) is 3.76. The fraction of sp³-hybridized carbons (Fsp3) is 0.105. The van der Waals surface area contributed by atoms with Gasteiger partial charge in [-0.15, -0.1) is 0 Å². The molecular formula is C19H18N4O. The van der Waals surface area contributed by atoms with Crippen molar-refractivity contribution in [1.29, 1.82) is 0 Å². The number of para-hydroxylation sites is 2. The Bertz CT molecular complexity index is 816. The quantitative estimate of drug-likeness (QED) is 0.745. The second kappa shape index (κ2) is 7.37. The predicted molar refractivity (Wildman–Crippen MR) is 95.5 cm³/mol. The van der Waals surface area contributed by atoms with Crippen LogP contribution in [-0.2, 0) is 6.42 Å². The van der Waals surface area contributed by atoms with E-state index in [1.54, 1.807) is 6.20 Å². The van der Waals surface area contributed by atoms with Gasteiger partial charge in [-0.25, -0.2) is 9.97 Å². The first-order chi connectivity index (χ1) is 11.8. The SMILES string of the molecule is CCc1ccccc1NC(=O)c1cnc(Nc2ccccc2)cn1. The van der Waals surface area contributed by atoms with Crippen LogP contribution in [-0.4, -0.2) is 15.9 Å². The molecule has 0 aliphatic rings. The summed E-state index contributed by atoms with van der Waals surface area (Å²) in [6, 6.07) is 17.4. The highest BCUT2D eigenvalue weighted by Gasteiger charge is 2.10. The molecule has 0 aliphatic carbocycles. The number of nitrogens with zero attached hydrogens (tertiary/aromatic N) is 2. The summed E-state index contributed by atoms with van der Waals surface area (Å²) in [5.74, 6) is 0.321. The maximum atomic E-state index is 12.3. The molecule has 1 heterocycles. The fourth-order valence-electron chi connectivity index (χ4n) is 2.32. The Labute approximate surface area is 140 Å². The van der Waals surface area contributed by atoms with Crippen LogP contribution in [0.25, 0.3) is 0 Å². The number of aromatic nitrogens is 2. The van der Waals surface area contributed by atoms with E-state index in [0.717, 1.165) is 23.4 Å². The van der Waals surface area contributed by atoms with Crippen molar-refractivity contribution in [2.75, 3.05) is 10.6 Å². The van der Waals surface area contributed by atoms with Gasteiger partial charge >= 0.3 is 0 Å². The van der Waals surface area contributed by atoms with Crippen molar-refractivity contribution in [1.82, 2.24) is 9.97 Å². The molecule has 1 amide bonds. The van der Waals surface area contributed by atoms with Gasteiger partial charge < -0.3 is 10.6 Å². The van der Waals surface area contributed by atoms with Crippen molar-refractivity contribution >= 4 is 23.1 Å². The largest absolute Gasteiger partial charge is 0.339 e. The number of carbonyl (C=O) groups is 1. The lowest BCUT2D eigenvalue weighted by Gasteiger charge is -2.09. The highest BCUT2D eigenvalue weighted by atomic mass is 16.1. The molecular weight excluding hydrogens is 300 g/mol. The second-order valence-corrected chi connectivity index (χ2v) is 5.24. The Balaban J connectivity index is 1.70. The average Bonchev–Trinajstić information content (AvgIpc) is 2.63. The molecule has 0 saturated carbocycles. The number of aryl methyl sites for hydroxylation is 1. The molecule has 0 atom stereocenters. The summed E-state index contributed by atoms with van der Waals surface area (Å²) >= 11 is 0. The number of anilines is 3. The zero-order chi connectivity index (χ0) is 16.8. The molecule has 0 saturated heterocycles. The molecule has 3 rings (SSSR count). The van der Waals surface area contributed by atoms with Crippen LogP contribution < -0.4 is 10.6 Å². The van der Waals surface area contributed by atoms with Gasteiger partial charge in [-0.2, -0.15) is 0 Å². The molecule has 0 spiro atoms. The minimum Gasteiger partial charge on any atom is -0.339 e. The first-order valence-electron chi connectivity index (χ1n) is 7.79. The van der Waals surface area contributed by atoms with Gasteiger partial charge in [-0.3, -0.25) is 4.79 Å². The summed E-state index contributed by atoms with van der Waals surface area (Å²) in [4.78, 5) is 20.8. The van der Waals surface area contributed by atoms with Crippen molar-refractivity contribution in [3.05, 3.63) is 78.2 Å². The van der Waals surface area contributed by atoms with Crippen LogP contribution in [0, 0.1) is 0 Å². The molecule has 120 valence electrons. The molecule has 24 heavy (non-hydrogen) atoms. The van der Waals surface area contributed by atoms with Crippen LogP contribution in [0.5, 0.6) is 0 Å². The number of nitrogens with one attached hydrogen (secondary N) is 2. The van der Waals surface area contributed by atoms with Gasteiger partial charge in [0.1, 0.15) is 11.5 Å². The normalized spacial score (nSPS) is 10.2. The monoisotopic (exact) mass is 318 g/mol. The maximum Gasteiger partial charge on any atom is 0.275 e. The number of hydrogen-bond acceptors (Lipinski definition) is 4. The molecule has 0 fully saturated rings. The second-order valence-electron chi connectivity index (χ2n) is 5.24. The van der Waals surface area contributed by atoms with Crippen LogP contribution in [0.1, 0.15) is 23.0 Å². The molecule has 0 radical (unpaired) electrons. The summed E-state index contributed by atoms with van der Waals surface area (Å²) in [6.45, 7) is 2.05. The Kier molecular flexibility index (Phi) is 4.81. The van der Waals surface area contributed by atoms with Crippen molar-refractivity contribution in [2.45, 2.75) is 13.3 Å². The van der Waals surface area contributed by atoms with Crippen LogP contribution in [0.15, 0.2) is 67.0 Å². The molecule has 0 unspecified atom stereocenters. The van der Waals surface area contributed by atoms with Gasteiger partial charge in [0, 0.05) is 11.4 Å². The molecule has 0 aliphatic heterocycles. The lowest BCUT2D eigenvalue weighted by Crippen LogP contribution is -2.15. The molecule has 3 aromatic rings. The third-order valence-corrected chi connectivity index (χ3v) is 3.58. The van der Waals surface area contributed by atoms with Crippen molar-refractivity contribution in [3.8, 4) is 0 Å². The summed E-state index contributed by atoms with van der Waals surface area (Å²) in [7, 11) is 0. The molecule has 2 N–H and O–H groups in total. The van der Waals surface area contributed by atoms with Crippen molar-refractivity contribution < 1.29 is 4.79 Å². The molecule has 1 aromatic heterocycles. The molecule has 5 heteroatoms. The smallest absolute Gasteiger partial charge is 0.275 e. The number of hydrogen-bond donors (Lipinski definition) is 2. The highest BCUT2D eigenvalue weighted by molar-refractivity contribution is 6.03. The van der Waals surface area contributed by atoms with Crippen LogP contribution in [0.3, 0.4) is 0 Å². The minimum absolute atomic E-state index is 0.269. The van der Waals surface area contributed by atoms with Crippen LogP contribution in [0.4, 0.5) is 17.2 Å². The van der Waals surface area contributed by atoms with E-state index >= 15 is 0 Å². The van der Waals surface area contributed by atoms with E-state index in [9.17, 15) is 4.79 Å². The van der Waals surface area contributed by atoms with Gasteiger partial charge in [0.05, 0.1) is 12.4 Å².